The van der Waals surface area contributed by atoms with E-state index in [2.05, 4.69) is 5.10 Å². The molecule has 2 aromatic carbocycles. The summed E-state index contributed by atoms with van der Waals surface area (Å²) in [5.41, 5.74) is 2.66. The number of carbonyl (C=O) groups excluding carboxylic acids is 2. The average Bonchev–Trinajstić information content (AvgIpc) is 3.48. The quantitative estimate of drug-likeness (QED) is 0.592. The van der Waals surface area contributed by atoms with Gasteiger partial charge < -0.3 is 19.0 Å². The van der Waals surface area contributed by atoms with E-state index >= 15 is 0 Å². The number of methoxy groups -OCH3 is 1. The maximum absolute atomic E-state index is 12.9. The minimum atomic E-state index is -0.841. The van der Waals surface area contributed by atoms with Crippen LogP contribution in [-0.4, -0.2) is 41.4 Å². The van der Waals surface area contributed by atoms with Gasteiger partial charge in [0, 0.05) is 6.42 Å². The first-order valence-corrected chi connectivity index (χ1v) is 10.0. The number of aryl methyl sites for hydroxylation is 1. The molecule has 8 nitrogen and oxygen atoms in total. The van der Waals surface area contributed by atoms with Crippen molar-refractivity contribution in [2.24, 2.45) is 5.10 Å². The molecule has 4 rings (SSSR count). The third-order valence-electron chi connectivity index (χ3n) is 5.17. The number of ether oxygens (including phenoxy) is 2. The molecule has 1 aliphatic rings. The normalized spacial score (nSPS) is 15.4. The molecule has 1 aliphatic heterocycles. The molecular weight excluding hydrogens is 412 g/mol. The lowest BCUT2D eigenvalue weighted by molar-refractivity contribution is -0.136. The smallest absolute Gasteiger partial charge is 0.342 e. The number of aromatic hydroxyl groups is 1. The highest BCUT2D eigenvalue weighted by Gasteiger charge is 2.35. The van der Waals surface area contributed by atoms with E-state index in [9.17, 15) is 14.7 Å². The first kappa shape index (κ1) is 21.2. The second kappa shape index (κ2) is 8.97. The van der Waals surface area contributed by atoms with E-state index in [1.165, 1.54) is 36.6 Å². The zero-order valence-corrected chi connectivity index (χ0v) is 17.6. The summed E-state index contributed by atoms with van der Waals surface area (Å²) >= 11 is 0. The fourth-order valence-electron chi connectivity index (χ4n) is 3.44. The number of phenolic OH excluding ortho intramolecular Hbond substituents is 1. The molecule has 1 atom stereocenters. The van der Waals surface area contributed by atoms with Crippen LogP contribution in [0.25, 0.3) is 0 Å². The van der Waals surface area contributed by atoms with Gasteiger partial charge in [0.25, 0.3) is 5.91 Å². The van der Waals surface area contributed by atoms with Crippen molar-refractivity contribution in [1.82, 2.24) is 5.01 Å². The lowest BCUT2D eigenvalue weighted by Crippen LogP contribution is -2.31. The Morgan fingerprint density at radius 2 is 1.97 bits per heavy atom. The van der Waals surface area contributed by atoms with E-state index in [-0.39, 0.29) is 11.3 Å². The fourth-order valence-corrected chi connectivity index (χ4v) is 3.44. The van der Waals surface area contributed by atoms with Crippen molar-refractivity contribution in [1.29, 1.82) is 0 Å². The molecule has 0 radical (unpaired) electrons. The Labute approximate surface area is 184 Å². The topological polar surface area (TPSA) is 102 Å². The first-order valence-electron chi connectivity index (χ1n) is 10.0. The molecule has 8 heteroatoms. The molecule has 0 aliphatic carbocycles. The first-order chi connectivity index (χ1) is 15.5. The summed E-state index contributed by atoms with van der Waals surface area (Å²) in [5.74, 6) is -0.653. The summed E-state index contributed by atoms with van der Waals surface area (Å²) in [7, 11) is 1.44. The number of hydrogen-bond donors (Lipinski definition) is 1. The molecule has 0 fully saturated rings. The Balaban J connectivity index is 1.52. The van der Waals surface area contributed by atoms with Crippen LogP contribution in [0.15, 0.2) is 70.4 Å². The highest BCUT2D eigenvalue weighted by atomic mass is 16.5. The van der Waals surface area contributed by atoms with Crippen LogP contribution >= 0.6 is 0 Å². The summed E-state index contributed by atoms with van der Waals surface area (Å²) in [4.78, 5) is 25.4. The predicted molar refractivity (Wildman–Crippen MR) is 116 cm³/mol. The third-order valence-corrected chi connectivity index (χ3v) is 5.17. The van der Waals surface area contributed by atoms with Gasteiger partial charge in [-0.05, 0) is 42.8 Å². The van der Waals surface area contributed by atoms with Crippen LogP contribution in [0.4, 0.5) is 0 Å². The summed E-state index contributed by atoms with van der Waals surface area (Å²) in [6.07, 6.45) is 2.00. The largest absolute Gasteiger partial charge is 0.507 e. The van der Waals surface area contributed by atoms with E-state index in [4.69, 9.17) is 13.9 Å². The fraction of sp³-hybridized carbons (Fsp3) is 0.208. The Hall–Kier alpha value is -4.07. The standard InChI is InChI=1S/C24H22N2O6/c1-15-5-7-16(8-6-15)19-13-20(22-4-3-11-31-22)26(25-19)23(28)14-32-24(29)18-12-17(30-2)9-10-21(18)27/h3-12,20,27H,13-14H2,1-2H3. The molecule has 3 aromatic rings. The SMILES string of the molecule is COc1ccc(O)c(C(=O)OCC(=O)N2N=C(c3ccc(C)cc3)CC2c2ccco2)c1. The average molecular weight is 434 g/mol. The van der Waals surface area contributed by atoms with E-state index in [1.807, 2.05) is 31.2 Å². The lowest BCUT2D eigenvalue weighted by atomic mass is 10.0. The van der Waals surface area contributed by atoms with Crippen LogP contribution in [0.5, 0.6) is 11.5 Å². The van der Waals surface area contributed by atoms with Crippen molar-refractivity contribution in [3.8, 4) is 11.5 Å². The van der Waals surface area contributed by atoms with Gasteiger partial charge in [-0.15, -0.1) is 0 Å². The molecular formula is C24H22N2O6. The Kier molecular flexibility index (Phi) is 5.93. The maximum atomic E-state index is 12.9. The highest BCUT2D eigenvalue weighted by molar-refractivity contribution is 6.03. The number of nitrogens with zero attached hydrogens (tertiary/aromatic N) is 2. The van der Waals surface area contributed by atoms with E-state index < -0.39 is 24.5 Å². The van der Waals surface area contributed by atoms with Gasteiger partial charge >= 0.3 is 5.97 Å². The Morgan fingerprint density at radius 1 is 1.19 bits per heavy atom. The predicted octanol–water partition coefficient (Wildman–Crippen LogP) is 3.84. The zero-order valence-electron chi connectivity index (χ0n) is 17.6. The summed E-state index contributed by atoms with van der Waals surface area (Å²) in [5, 5.41) is 15.7. The van der Waals surface area contributed by atoms with Crippen molar-refractivity contribution >= 4 is 17.6 Å². The second-order valence-electron chi connectivity index (χ2n) is 7.35. The van der Waals surface area contributed by atoms with Crippen molar-refractivity contribution in [2.75, 3.05) is 13.7 Å². The maximum Gasteiger partial charge on any atom is 0.342 e. The molecule has 0 spiro atoms. The van der Waals surface area contributed by atoms with Gasteiger partial charge in [-0.25, -0.2) is 9.80 Å². The van der Waals surface area contributed by atoms with Gasteiger partial charge in [-0.2, -0.15) is 5.10 Å². The highest BCUT2D eigenvalue weighted by Crippen LogP contribution is 2.33. The van der Waals surface area contributed by atoms with Crippen molar-refractivity contribution in [2.45, 2.75) is 19.4 Å². The number of esters is 1. The van der Waals surface area contributed by atoms with E-state index in [0.29, 0.717) is 17.9 Å². The van der Waals surface area contributed by atoms with Gasteiger partial charge in [-0.1, -0.05) is 29.8 Å². The third kappa shape index (κ3) is 4.34. The van der Waals surface area contributed by atoms with Crippen LogP contribution in [0, 0.1) is 6.92 Å². The van der Waals surface area contributed by atoms with Crippen LogP contribution < -0.4 is 4.74 Å². The molecule has 2 heterocycles. The Bertz CT molecular complexity index is 1150. The number of hydrazone groups is 1. The number of hydrogen-bond acceptors (Lipinski definition) is 7. The number of phenols is 1. The second-order valence-corrected chi connectivity index (χ2v) is 7.35. The van der Waals surface area contributed by atoms with Gasteiger partial charge in [0.05, 0.1) is 19.1 Å². The van der Waals surface area contributed by atoms with Gasteiger partial charge in [0.2, 0.25) is 0 Å². The van der Waals surface area contributed by atoms with Crippen molar-refractivity contribution in [3.05, 3.63) is 83.3 Å². The zero-order chi connectivity index (χ0) is 22.7. The minimum absolute atomic E-state index is 0.0926. The number of benzene rings is 2. The monoisotopic (exact) mass is 434 g/mol. The van der Waals surface area contributed by atoms with Crippen LogP contribution in [-0.2, 0) is 9.53 Å². The number of rotatable bonds is 6. The molecule has 1 unspecified atom stereocenters. The summed E-state index contributed by atoms with van der Waals surface area (Å²) in [6.45, 7) is 1.45. The number of amides is 1. The van der Waals surface area contributed by atoms with Crippen molar-refractivity contribution < 1.29 is 28.6 Å². The Morgan fingerprint density at radius 3 is 2.66 bits per heavy atom. The molecule has 164 valence electrons. The van der Waals surface area contributed by atoms with Crippen molar-refractivity contribution in [3.63, 3.8) is 0 Å². The molecule has 1 amide bonds. The minimum Gasteiger partial charge on any atom is -0.507 e. The van der Waals surface area contributed by atoms with E-state index in [1.54, 1.807) is 12.1 Å². The van der Waals surface area contributed by atoms with Crippen LogP contribution in [0.1, 0.15) is 39.7 Å². The number of carbonyl (C=O) groups is 2. The molecule has 32 heavy (non-hydrogen) atoms. The van der Waals surface area contributed by atoms with Gasteiger partial charge in [0.1, 0.15) is 28.9 Å². The molecule has 1 N–H and O–H groups in total. The van der Waals surface area contributed by atoms with Gasteiger partial charge in [0.15, 0.2) is 6.61 Å². The number of furan rings is 1. The lowest BCUT2D eigenvalue weighted by Gasteiger charge is -2.19. The van der Waals surface area contributed by atoms with Crippen LogP contribution in [0.2, 0.25) is 0 Å². The molecule has 0 saturated carbocycles. The molecule has 0 saturated heterocycles. The van der Waals surface area contributed by atoms with Crippen LogP contribution in [0.3, 0.4) is 0 Å². The van der Waals surface area contributed by atoms with Gasteiger partial charge in [-0.3, -0.25) is 4.79 Å². The molecule has 0 bridgehead atoms. The van der Waals surface area contributed by atoms with E-state index in [0.717, 1.165) is 16.8 Å². The summed E-state index contributed by atoms with van der Waals surface area (Å²) < 4.78 is 15.7. The molecule has 1 aromatic heterocycles. The summed E-state index contributed by atoms with van der Waals surface area (Å²) in [6, 6.07) is 15.1.